The number of carbonyl (C=O) groups is 1. The number of benzene rings is 1. The van der Waals surface area contributed by atoms with E-state index in [-0.39, 0.29) is 31.0 Å². The van der Waals surface area contributed by atoms with Crippen LogP contribution >= 0.6 is 35.6 Å². The molecule has 7 heteroatoms. The molecule has 0 aromatic heterocycles. The maximum absolute atomic E-state index is 11.6. The van der Waals surface area contributed by atoms with Gasteiger partial charge in [-0.15, -0.1) is 12.4 Å². The van der Waals surface area contributed by atoms with E-state index in [2.05, 4.69) is 10.6 Å². The summed E-state index contributed by atoms with van der Waals surface area (Å²) in [7, 11) is 0. The molecule has 1 amide bonds. The standard InChI is InChI=1S/C12H14Cl2N2O2.ClH/c13-8-1-2-11(10(14)5-8)18-7-12(17)16-9-3-4-15-6-9;/h1-2,5,9,15H,3-4,6-7H2,(H,16,17);1H. The predicted octanol–water partition coefficient (Wildman–Crippen LogP) is 2.27. The highest BCUT2D eigenvalue weighted by Gasteiger charge is 2.16. The number of hydrogen-bond acceptors (Lipinski definition) is 3. The first-order chi connectivity index (χ1) is 8.65. The van der Waals surface area contributed by atoms with E-state index in [4.69, 9.17) is 27.9 Å². The number of carbonyl (C=O) groups excluding carboxylic acids is 1. The first-order valence-corrected chi connectivity index (χ1v) is 6.48. The number of amides is 1. The Bertz CT molecular complexity index is 437. The minimum Gasteiger partial charge on any atom is -0.482 e. The summed E-state index contributed by atoms with van der Waals surface area (Å²) in [6.45, 7) is 1.71. The molecule has 1 fully saturated rings. The van der Waals surface area contributed by atoms with Crippen LogP contribution in [0, 0.1) is 0 Å². The summed E-state index contributed by atoms with van der Waals surface area (Å²) in [4.78, 5) is 11.6. The summed E-state index contributed by atoms with van der Waals surface area (Å²) < 4.78 is 5.34. The zero-order valence-corrected chi connectivity index (χ0v) is 12.4. The molecule has 0 spiro atoms. The second-order valence-corrected chi connectivity index (χ2v) is 4.96. The zero-order valence-electron chi connectivity index (χ0n) is 10.1. The van der Waals surface area contributed by atoms with Gasteiger partial charge in [-0.05, 0) is 31.2 Å². The third-order valence-corrected chi connectivity index (χ3v) is 3.21. The average Bonchev–Trinajstić information content (AvgIpc) is 2.80. The van der Waals surface area contributed by atoms with Crippen LogP contribution in [0.2, 0.25) is 10.0 Å². The third-order valence-electron chi connectivity index (χ3n) is 2.68. The minimum absolute atomic E-state index is 0. The van der Waals surface area contributed by atoms with Crippen molar-refractivity contribution >= 4 is 41.5 Å². The van der Waals surface area contributed by atoms with Crippen molar-refractivity contribution in [3.63, 3.8) is 0 Å². The van der Waals surface area contributed by atoms with Crippen molar-refractivity contribution in [1.29, 1.82) is 0 Å². The van der Waals surface area contributed by atoms with Crippen LogP contribution in [0.1, 0.15) is 6.42 Å². The molecule has 2 rings (SSSR count). The van der Waals surface area contributed by atoms with Crippen LogP contribution in [-0.4, -0.2) is 31.6 Å². The van der Waals surface area contributed by atoms with Crippen molar-refractivity contribution in [2.45, 2.75) is 12.5 Å². The number of rotatable bonds is 4. The van der Waals surface area contributed by atoms with Crippen molar-refractivity contribution in [2.75, 3.05) is 19.7 Å². The SMILES string of the molecule is Cl.O=C(COc1ccc(Cl)cc1Cl)NC1CCNC1. The van der Waals surface area contributed by atoms with Crippen molar-refractivity contribution in [3.8, 4) is 5.75 Å². The lowest BCUT2D eigenvalue weighted by Gasteiger charge is -2.12. The molecule has 106 valence electrons. The summed E-state index contributed by atoms with van der Waals surface area (Å²) in [6.07, 6.45) is 0.952. The lowest BCUT2D eigenvalue weighted by molar-refractivity contribution is -0.123. The summed E-state index contributed by atoms with van der Waals surface area (Å²) in [5.74, 6) is 0.315. The van der Waals surface area contributed by atoms with Crippen LogP contribution in [0.5, 0.6) is 5.75 Å². The van der Waals surface area contributed by atoms with Crippen molar-refractivity contribution < 1.29 is 9.53 Å². The highest BCUT2D eigenvalue weighted by Crippen LogP contribution is 2.27. The van der Waals surface area contributed by atoms with E-state index in [9.17, 15) is 4.79 Å². The predicted molar refractivity (Wildman–Crippen MR) is 78.6 cm³/mol. The van der Waals surface area contributed by atoms with E-state index in [1.165, 1.54) is 0 Å². The Morgan fingerprint density at radius 2 is 2.26 bits per heavy atom. The molecule has 1 saturated heterocycles. The lowest BCUT2D eigenvalue weighted by Crippen LogP contribution is -2.39. The number of ether oxygens (including phenoxy) is 1. The van der Waals surface area contributed by atoms with E-state index in [1.807, 2.05) is 0 Å². The van der Waals surface area contributed by atoms with Gasteiger partial charge in [0.05, 0.1) is 5.02 Å². The molecule has 0 radical (unpaired) electrons. The minimum atomic E-state index is -0.144. The Labute approximate surface area is 128 Å². The first kappa shape index (κ1) is 16.4. The van der Waals surface area contributed by atoms with E-state index in [1.54, 1.807) is 18.2 Å². The molecule has 1 aliphatic rings. The van der Waals surface area contributed by atoms with Gasteiger partial charge in [0.15, 0.2) is 6.61 Å². The fourth-order valence-corrected chi connectivity index (χ4v) is 2.25. The Morgan fingerprint density at radius 3 is 2.89 bits per heavy atom. The largest absolute Gasteiger partial charge is 0.482 e. The Hall–Kier alpha value is -0.680. The first-order valence-electron chi connectivity index (χ1n) is 5.73. The summed E-state index contributed by atoms with van der Waals surface area (Å²) in [5, 5.41) is 7.00. The van der Waals surface area contributed by atoms with Gasteiger partial charge < -0.3 is 15.4 Å². The molecule has 0 bridgehead atoms. The molecule has 1 aromatic carbocycles. The molecule has 1 aromatic rings. The van der Waals surface area contributed by atoms with Crippen LogP contribution in [-0.2, 0) is 4.79 Å². The monoisotopic (exact) mass is 324 g/mol. The molecule has 1 aliphatic heterocycles. The van der Waals surface area contributed by atoms with Gasteiger partial charge in [-0.25, -0.2) is 0 Å². The van der Waals surface area contributed by atoms with E-state index >= 15 is 0 Å². The van der Waals surface area contributed by atoms with Crippen molar-refractivity contribution in [3.05, 3.63) is 28.2 Å². The van der Waals surface area contributed by atoms with Gasteiger partial charge in [0, 0.05) is 17.6 Å². The molecule has 2 N–H and O–H groups in total. The number of nitrogens with one attached hydrogen (secondary N) is 2. The van der Waals surface area contributed by atoms with Gasteiger partial charge in [0.25, 0.3) is 5.91 Å². The fraction of sp³-hybridized carbons (Fsp3) is 0.417. The lowest BCUT2D eigenvalue weighted by atomic mass is 10.2. The number of halogens is 3. The molecular weight excluding hydrogens is 311 g/mol. The summed E-state index contributed by atoms with van der Waals surface area (Å²) in [6, 6.07) is 5.09. The summed E-state index contributed by atoms with van der Waals surface area (Å²) >= 11 is 11.7. The maximum atomic E-state index is 11.6. The van der Waals surface area contributed by atoms with Gasteiger partial charge in [0.2, 0.25) is 0 Å². The second kappa shape index (κ2) is 7.80. The molecule has 19 heavy (non-hydrogen) atoms. The van der Waals surface area contributed by atoms with Crippen LogP contribution in [0.4, 0.5) is 0 Å². The van der Waals surface area contributed by atoms with Crippen LogP contribution in [0.25, 0.3) is 0 Å². The molecule has 1 heterocycles. The molecule has 0 aliphatic carbocycles. The molecule has 1 atom stereocenters. The quantitative estimate of drug-likeness (QED) is 0.893. The highest BCUT2D eigenvalue weighted by atomic mass is 35.5. The van der Waals surface area contributed by atoms with Crippen LogP contribution in [0.3, 0.4) is 0 Å². The maximum Gasteiger partial charge on any atom is 0.258 e. The van der Waals surface area contributed by atoms with Gasteiger partial charge in [-0.3, -0.25) is 4.79 Å². The Balaban J connectivity index is 0.00000180. The Kier molecular flexibility index (Phi) is 6.72. The van der Waals surface area contributed by atoms with Crippen LogP contribution in [0.15, 0.2) is 18.2 Å². The van der Waals surface area contributed by atoms with Crippen molar-refractivity contribution in [2.24, 2.45) is 0 Å². The zero-order chi connectivity index (χ0) is 13.0. The molecular formula is C12H15Cl3N2O2. The molecule has 0 saturated carbocycles. The molecule has 4 nitrogen and oxygen atoms in total. The van der Waals surface area contributed by atoms with Crippen LogP contribution < -0.4 is 15.4 Å². The average molecular weight is 326 g/mol. The normalized spacial score (nSPS) is 17.7. The van der Waals surface area contributed by atoms with Gasteiger partial charge in [-0.1, -0.05) is 23.2 Å². The second-order valence-electron chi connectivity index (χ2n) is 4.12. The topological polar surface area (TPSA) is 50.4 Å². The van der Waals surface area contributed by atoms with E-state index in [0.717, 1.165) is 19.5 Å². The molecule has 1 unspecified atom stereocenters. The van der Waals surface area contributed by atoms with Gasteiger partial charge >= 0.3 is 0 Å². The van der Waals surface area contributed by atoms with Crippen molar-refractivity contribution in [1.82, 2.24) is 10.6 Å². The van der Waals surface area contributed by atoms with Gasteiger partial charge in [0.1, 0.15) is 5.75 Å². The smallest absolute Gasteiger partial charge is 0.258 e. The van der Waals surface area contributed by atoms with E-state index in [0.29, 0.717) is 15.8 Å². The number of hydrogen-bond donors (Lipinski definition) is 2. The van der Waals surface area contributed by atoms with E-state index < -0.39 is 0 Å². The summed E-state index contributed by atoms with van der Waals surface area (Å²) in [5.41, 5.74) is 0. The third kappa shape index (κ3) is 5.07. The highest BCUT2D eigenvalue weighted by molar-refractivity contribution is 6.35. The van der Waals surface area contributed by atoms with Gasteiger partial charge in [-0.2, -0.15) is 0 Å². The Morgan fingerprint density at radius 1 is 1.47 bits per heavy atom. The fourth-order valence-electron chi connectivity index (χ4n) is 1.78.